The van der Waals surface area contributed by atoms with E-state index in [1.807, 2.05) is 55.7 Å². The molecule has 1 N–H and O–H groups in total. The second-order valence-corrected chi connectivity index (χ2v) is 5.52. The first kappa shape index (κ1) is 15.7. The van der Waals surface area contributed by atoms with Crippen molar-refractivity contribution in [2.45, 2.75) is 19.5 Å². The van der Waals surface area contributed by atoms with Gasteiger partial charge in [-0.05, 0) is 31.2 Å². The molecule has 0 saturated heterocycles. The Morgan fingerprint density at radius 1 is 1.25 bits per heavy atom. The van der Waals surface area contributed by atoms with Crippen LogP contribution in [0.2, 0.25) is 0 Å². The number of hydrogen-bond acceptors (Lipinski definition) is 3. The van der Waals surface area contributed by atoms with Gasteiger partial charge in [0.05, 0.1) is 18.4 Å². The molecular weight excluding hydrogens is 302 g/mol. The van der Waals surface area contributed by atoms with E-state index >= 15 is 0 Å². The predicted molar refractivity (Wildman–Crippen MR) is 92.4 cm³/mol. The van der Waals surface area contributed by atoms with Crippen molar-refractivity contribution in [1.29, 1.82) is 0 Å². The number of benzene rings is 1. The van der Waals surface area contributed by atoms with E-state index < -0.39 is 0 Å². The standard InChI is InChI=1S/C18H19N5O/c1-15(13-22-11-5-10-19-22)21-18(24)9-8-16-12-20-23(14-16)17-6-3-2-4-7-17/h2-12,14-15H,13H2,1H3,(H,21,24). The Labute approximate surface area is 140 Å². The summed E-state index contributed by atoms with van der Waals surface area (Å²) >= 11 is 0. The highest BCUT2D eigenvalue weighted by atomic mass is 16.1. The Kier molecular flexibility index (Phi) is 4.86. The largest absolute Gasteiger partial charge is 0.348 e. The van der Waals surface area contributed by atoms with E-state index in [1.165, 1.54) is 6.08 Å². The molecule has 1 amide bonds. The summed E-state index contributed by atoms with van der Waals surface area (Å²) in [5.41, 5.74) is 1.85. The van der Waals surface area contributed by atoms with Crippen molar-refractivity contribution in [3.63, 3.8) is 0 Å². The van der Waals surface area contributed by atoms with Crippen LogP contribution in [-0.2, 0) is 11.3 Å². The fourth-order valence-electron chi connectivity index (χ4n) is 2.34. The number of carbonyl (C=O) groups excluding carboxylic acids is 1. The fraction of sp³-hybridized carbons (Fsp3) is 0.167. The first-order valence-corrected chi connectivity index (χ1v) is 7.77. The van der Waals surface area contributed by atoms with Crippen LogP contribution >= 0.6 is 0 Å². The SMILES string of the molecule is CC(Cn1cccn1)NC(=O)C=Cc1cnn(-c2ccccc2)c1. The molecule has 24 heavy (non-hydrogen) atoms. The third-order valence-corrected chi connectivity index (χ3v) is 3.46. The molecule has 122 valence electrons. The van der Waals surface area contributed by atoms with Gasteiger partial charge in [0, 0.05) is 36.3 Å². The predicted octanol–water partition coefficient (Wildman–Crippen LogP) is 2.29. The number of nitrogens with zero attached hydrogens (tertiary/aromatic N) is 4. The van der Waals surface area contributed by atoms with Crippen molar-refractivity contribution in [2.75, 3.05) is 0 Å². The summed E-state index contributed by atoms with van der Waals surface area (Å²) in [5, 5.41) is 11.3. The molecule has 0 aliphatic rings. The minimum atomic E-state index is -0.137. The van der Waals surface area contributed by atoms with Crippen molar-refractivity contribution in [1.82, 2.24) is 24.9 Å². The summed E-state index contributed by atoms with van der Waals surface area (Å²) < 4.78 is 3.57. The maximum atomic E-state index is 12.0. The topological polar surface area (TPSA) is 64.7 Å². The molecule has 0 bridgehead atoms. The van der Waals surface area contributed by atoms with Crippen LogP contribution in [0.15, 0.2) is 67.3 Å². The molecule has 3 rings (SSSR count). The average Bonchev–Trinajstić information content (AvgIpc) is 3.25. The Balaban J connectivity index is 1.55. The van der Waals surface area contributed by atoms with Gasteiger partial charge in [0.25, 0.3) is 0 Å². The van der Waals surface area contributed by atoms with Gasteiger partial charge in [0.15, 0.2) is 0 Å². The van der Waals surface area contributed by atoms with Crippen molar-refractivity contribution < 1.29 is 4.79 Å². The summed E-state index contributed by atoms with van der Waals surface area (Å²) in [6, 6.07) is 11.7. The van der Waals surface area contributed by atoms with Gasteiger partial charge >= 0.3 is 0 Å². The van der Waals surface area contributed by atoms with E-state index in [-0.39, 0.29) is 11.9 Å². The Morgan fingerprint density at radius 3 is 2.83 bits per heavy atom. The van der Waals surface area contributed by atoms with Crippen LogP contribution in [0.5, 0.6) is 0 Å². The number of carbonyl (C=O) groups is 1. The van der Waals surface area contributed by atoms with Gasteiger partial charge < -0.3 is 5.32 Å². The number of aromatic nitrogens is 4. The molecule has 2 aromatic heterocycles. The highest BCUT2D eigenvalue weighted by molar-refractivity contribution is 5.91. The molecule has 0 radical (unpaired) electrons. The molecule has 2 heterocycles. The van der Waals surface area contributed by atoms with Gasteiger partial charge in [-0.25, -0.2) is 4.68 Å². The molecule has 3 aromatic rings. The lowest BCUT2D eigenvalue weighted by Gasteiger charge is -2.12. The third-order valence-electron chi connectivity index (χ3n) is 3.46. The number of para-hydroxylation sites is 1. The van der Waals surface area contributed by atoms with Gasteiger partial charge in [-0.1, -0.05) is 18.2 Å². The Morgan fingerprint density at radius 2 is 2.08 bits per heavy atom. The van der Waals surface area contributed by atoms with E-state index in [1.54, 1.807) is 27.8 Å². The summed E-state index contributed by atoms with van der Waals surface area (Å²) in [6.45, 7) is 2.58. The van der Waals surface area contributed by atoms with Crippen LogP contribution in [-0.4, -0.2) is 31.5 Å². The van der Waals surface area contributed by atoms with Crippen LogP contribution in [0.3, 0.4) is 0 Å². The van der Waals surface area contributed by atoms with Crippen molar-refractivity contribution in [2.24, 2.45) is 0 Å². The lowest BCUT2D eigenvalue weighted by molar-refractivity contribution is -0.117. The molecule has 1 aromatic carbocycles. The fourth-order valence-corrected chi connectivity index (χ4v) is 2.34. The van der Waals surface area contributed by atoms with Crippen LogP contribution in [0.25, 0.3) is 11.8 Å². The molecule has 0 aliphatic carbocycles. The summed E-state index contributed by atoms with van der Waals surface area (Å²) in [5.74, 6) is -0.137. The number of hydrogen-bond donors (Lipinski definition) is 1. The molecule has 0 saturated carbocycles. The van der Waals surface area contributed by atoms with Gasteiger partial charge in [0.1, 0.15) is 0 Å². The molecular formula is C18H19N5O. The first-order valence-electron chi connectivity index (χ1n) is 7.77. The summed E-state index contributed by atoms with van der Waals surface area (Å²) in [7, 11) is 0. The quantitative estimate of drug-likeness (QED) is 0.709. The molecule has 0 aliphatic heterocycles. The smallest absolute Gasteiger partial charge is 0.244 e. The zero-order valence-electron chi connectivity index (χ0n) is 13.4. The van der Waals surface area contributed by atoms with Crippen LogP contribution in [0.4, 0.5) is 0 Å². The molecule has 1 atom stereocenters. The van der Waals surface area contributed by atoms with Crippen LogP contribution in [0, 0.1) is 0 Å². The number of amides is 1. The lowest BCUT2D eigenvalue weighted by Crippen LogP contribution is -2.34. The zero-order chi connectivity index (χ0) is 16.8. The second-order valence-electron chi connectivity index (χ2n) is 5.52. The van der Waals surface area contributed by atoms with E-state index in [9.17, 15) is 4.79 Å². The molecule has 0 fully saturated rings. The monoisotopic (exact) mass is 321 g/mol. The molecule has 6 heteroatoms. The normalized spacial score (nSPS) is 12.4. The molecule has 1 unspecified atom stereocenters. The molecule has 6 nitrogen and oxygen atoms in total. The van der Waals surface area contributed by atoms with Crippen molar-refractivity contribution in [3.8, 4) is 5.69 Å². The van der Waals surface area contributed by atoms with Crippen molar-refractivity contribution >= 4 is 12.0 Å². The van der Waals surface area contributed by atoms with E-state index in [4.69, 9.17) is 0 Å². The van der Waals surface area contributed by atoms with Gasteiger partial charge in [-0.2, -0.15) is 10.2 Å². The van der Waals surface area contributed by atoms with Gasteiger partial charge in [-0.3, -0.25) is 9.48 Å². The average molecular weight is 321 g/mol. The van der Waals surface area contributed by atoms with Gasteiger partial charge in [0.2, 0.25) is 5.91 Å². The Hall–Kier alpha value is -3.15. The Bertz CT molecular complexity index is 805. The number of nitrogens with one attached hydrogen (secondary N) is 1. The maximum Gasteiger partial charge on any atom is 0.244 e. The van der Waals surface area contributed by atoms with Crippen LogP contribution < -0.4 is 5.32 Å². The maximum absolute atomic E-state index is 12.0. The minimum absolute atomic E-state index is 0.00547. The van der Waals surface area contributed by atoms with E-state index in [2.05, 4.69) is 15.5 Å². The highest BCUT2D eigenvalue weighted by Gasteiger charge is 2.06. The van der Waals surface area contributed by atoms with E-state index in [0.29, 0.717) is 6.54 Å². The number of rotatable bonds is 6. The first-order chi connectivity index (χ1) is 11.7. The zero-order valence-corrected chi connectivity index (χ0v) is 13.4. The van der Waals surface area contributed by atoms with Gasteiger partial charge in [-0.15, -0.1) is 0 Å². The van der Waals surface area contributed by atoms with E-state index in [0.717, 1.165) is 11.3 Å². The molecule has 0 spiro atoms. The highest BCUT2D eigenvalue weighted by Crippen LogP contribution is 2.08. The summed E-state index contributed by atoms with van der Waals surface area (Å²) in [6.07, 6.45) is 10.5. The third kappa shape index (κ3) is 4.19. The lowest BCUT2D eigenvalue weighted by atomic mass is 10.3. The summed E-state index contributed by atoms with van der Waals surface area (Å²) in [4.78, 5) is 12.0. The minimum Gasteiger partial charge on any atom is -0.348 e. The second kappa shape index (κ2) is 7.41. The van der Waals surface area contributed by atoms with Crippen molar-refractivity contribution in [3.05, 3.63) is 72.8 Å². The van der Waals surface area contributed by atoms with Crippen LogP contribution in [0.1, 0.15) is 12.5 Å².